The number of hydrogen-bond donors (Lipinski definition) is 1. The standard InChI is InChI=1S/C18H27BrFN/c1-4-21-16(14-9-5-6-11-18(14,2)3)12-13-8-7-10-15(20)17(13)19/h7-8,10,14,16,21H,4-6,9,11-12H2,1-3H3. The zero-order valence-electron chi connectivity index (χ0n) is 13.4. The van der Waals surface area contributed by atoms with Gasteiger partial charge in [0, 0.05) is 6.04 Å². The molecule has 1 aromatic rings. The van der Waals surface area contributed by atoms with E-state index in [2.05, 4.69) is 42.0 Å². The lowest BCUT2D eigenvalue weighted by molar-refractivity contribution is 0.0987. The van der Waals surface area contributed by atoms with Crippen LogP contribution in [0.1, 0.15) is 52.0 Å². The first-order chi connectivity index (χ1) is 9.95. The lowest BCUT2D eigenvalue weighted by Crippen LogP contribution is -2.46. The molecule has 1 nitrogen and oxygen atoms in total. The lowest BCUT2D eigenvalue weighted by atomic mass is 9.65. The van der Waals surface area contributed by atoms with Gasteiger partial charge in [-0.3, -0.25) is 0 Å². The molecule has 0 saturated heterocycles. The van der Waals surface area contributed by atoms with Crippen LogP contribution in [0.25, 0.3) is 0 Å². The van der Waals surface area contributed by atoms with E-state index in [1.807, 2.05) is 12.1 Å². The van der Waals surface area contributed by atoms with Crippen molar-refractivity contribution in [2.45, 2.75) is 58.9 Å². The maximum atomic E-state index is 13.7. The van der Waals surface area contributed by atoms with Crippen LogP contribution >= 0.6 is 15.9 Å². The summed E-state index contributed by atoms with van der Waals surface area (Å²) in [6.45, 7) is 7.90. The summed E-state index contributed by atoms with van der Waals surface area (Å²) >= 11 is 3.41. The minimum Gasteiger partial charge on any atom is -0.314 e. The molecule has 2 rings (SSSR count). The van der Waals surface area contributed by atoms with Crippen molar-refractivity contribution in [3.05, 3.63) is 34.1 Å². The molecule has 1 aliphatic carbocycles. The molecular formula is C18H27BrFN. The molecule has 2 unspecified atom stereocenters. The fourth-order valence-corrected chi connectivity index (χ4v) is 4.25. The monoisotopic (exact) mass is 355 g/mol. The van der Waals surface area contributed by atoms with E-state index < -0.39 is 0 Å². The van der Waals surface area contributed by atoms with Crippen LogP contribution in [-0.2, 0) is 6.42 Å². The molecule has 1 saturated carbocycles. The Morgan fingerprint density at radius 2 is 2.14 bits per heavy atom. The van der Waals surface area contributed by atoms with E-state index in [9.17, 15) is 4.39 Å². The van der Waals surface area contributed by atoms with Gasteiger partial charge >= 0.3 is 0 Å². The van der Waals surface area contributed by atoms with Gasteiger partial charge in [-0.05, 0) is 64.7 Å². The summed E-state index contributed by atoms with van der Waals surface area (Å²) in [6, 6.07) is 5.78. The summed E-state index contributed by atoms with van der Waals surface area (Å²) in [4.78, 5) is 0. The van der Waals surface area contributed by atoms with Crippen molar-refractivity contribution in [3.8, 4) is 0 Å². The van der Waals surface area contributed by atoms with Gasteiger partial charge in [0.15, 0.2) is 0 Å². The summed E-state index contributed by atoms with van der Waals surface area (Å²) < 4.78 is 14.4. The largest absolute Gasteiger partial charge is 0.314 e. The third-order valence-electron chi connectivity index (χ3n) is 5.01. The van der Waals surface area contributed by atoms with Gasteiger partial charge in [-0.1, -0.05) is 45.7 Å². The molecular weight excluding hydrogens is 329 g/mol. The predicted octanol–water partition coefficient (Wildman–Crippen LogP) is 5.33. The second-order valence-electron chi connectivity index (χ2n) is 6.92. The Morgan fingerprint density at radius 1 is 1.38 bits per heavy atom. The maximum absolute atomic E-state index is 13.7. The lowest BCUT2D eigenvalue weighted by Gasteiger charge is -2.43. The SMILES string of the molecule is CCNC(Cc1cccc(F)c1Br)C1CCCCC1(C)C. The second-order valence-corrected chi connectivity index (χ2v) is 7.72. The van der Waals surface area contributed by atoms with Gasteiger partial charge in [-0.25, -0.2) is 4.39 Å². The van der Waals surface area contributed by atoms with Crippen LogP contribution in [0.15, 0.2) is 22.7 Å². The molecule has 118 valence electrons. The average molecular weight is 356 g/mol. The zero-order chi connectivity index (χ0) is 15.5. The summed E-state index contributed by atoms with van der Waals surface area (Å²) in [5.41, 5.74) is 1.44. The van der Waals surface area contributed by atoms with Gasteiger partial charge in [0.2, 0.25) is 0 Å². The molecule has 0 bridgehead atoms. The average Bonchev–Trinajstić information content (AvgIpc) is 2.43. The van der Waals surface area contributed by atoms with Crippen LogP contribution in [0, 0.1) is 17.2 Å². The normalized spacial score (nSPS) is 23.0. The van der Waals surface area contributed by atoms with Crippen molar-refractivity contribution < 1.29 is 4.39 Å². The molecule has 3 heteroatoms. The number of rotatable bonds is 5. The maximum Gasteiger partial charge on any atom is 0.137 e. The fraction of sp³-hybridized carbons (Fsp3) is 0.667. The second kappa shape index (κ2) is 7.23. The van der Waals surface area contributed by atoms with Crippen molar-refractivity contribution in [1.82, 2.24) is 5.32 Å². The minimum absolute atomic E-state index is 0.161. The smallest absolute Gasteiger partial charge is 0.137 e. The molecule has 1 fully saturated rings. The predicted molar refractivity (Wildman–Crippen MR) is 91.0 cm³/mol. The van der Waals surface area contributed by atoms with Crippen LogP contribution < -0.4 is 5.32 Å². The first kappa shape index (κ1) is 17.0. The molecule has 1 aliphatic rings. The number of likely N-dealkylation sites (N-methyl/N-ethyl adjacent to an activating group) is 1. The van der Waals surface area contributed by atoms with E-state index in [-0.39, 0.29) is 5.82 Å². The summed E-state index contributed by atoms with van der Waals surface area (Å²) in [7, 11) is 0. The fourth-order valence-electron chi connectivity index (χ4n) is 3.83. The molecule has 0 heterocycles. The highest BCUT2D eigenvalue weighted by Gasteiger charge is 2.37. The molecule has 21 heavy (non-hydrogen) atoms. The molecule has 2 atom stereocenters. The zero-order valence-corrected chi connectivity index (χ0v) is 15.0. The summed E-state index contributed by atoms with van der Waals surface area (Å²) in [5.74, 6) is 0.493. The van der Waals surface area contributed by atoms with Gasteiger partial charge in [0.1, 0.15) is 5.82 Å². The van der Waals surface area contributed by atoms with Crippen molar-refractivity contribution in [2.24, 2.45) is 11.3 Å². The van der Waals surface area contributed by atoms with Gasteiger partial charge in [-0.15, -0.1) is 0 Å². The Morgan fingerprint density at radius 3 is 2.81 bits per heavy atom. The van der Waals surface area contributed by atoms with Crippen LogP contribution in [0.4, 0.5) is 4.39 Å². The van der Waals surface area contributed by atoms with E-state index >= 15 is 0 Å². The van der Waals surface area contributed by atoms with Crippen LogP contribution in [0.2, 0.25) is 0 Å². The molecule has 1 N–H and O–H groups in total. The van der Waals surface area contributed by atoms with Crippen LogP contribution in [0.3, 0.4) is 0 Å². The molecule has 0 spiro atoms. The van der Waals surface area contributed by atoms with Gasteiger partial charge in [-0.2, -0.15) is 0 Å². The minimum atomic E-state index is -0.161. The van der Waals surface area contributed by atoms with Crippen LogP contribution in [0.5, 0.6) is 0 Å². The summed E-state index contributed by atoms with van der Waals surface area (Å²) in [6.07, 6.45) is 6.12. The Labute approximate surface area is 136 Å². The first-order valence-electron chi connectivity index (χ1n) is 8.12. The highest BCUT2D eigenvalue weighted by molar-refractivity contribution is 9.10. The molecule has 0 aliphatic heterocycles. The molecule has 0 amide bonds. The van der Waals surface area contributed by atoms with Gasteiger partial charge in [0.05, 0.1) is 4.47 Å². The van der Waals surface area contributed by atoms with E-state index in [1.165, 1.54) is 31.7 Å². The number of hydrogen-bond acceptors (Lipinski definition) is 1. The van der Waals surface area contributed by atoms with Crippen LogP contribution in [-0.4, -0.2) is 12.6 Å². The third kappa shape index (κ3) is 4.07. The van der Waals surface area contributed by atoms with Crippen molar-refractivity contribution >= 4 is 15.9 Å². The highest BCUT2D eigenvalue weighted by atomic mass is 79.9. The highest BCUT2D eigenvalue weighted by Crippen LogP contribution is 2.43. The number of halogens is 2. The Balaban J connectivity index is 2.20. The quantitative estimate of drug-likeness (QED) is 0.752. The summed E-state index contributed by atoms with van der Waals surface area (Å²) in [5, 5.41) is 3.66. The van der Waals surface area contributed by atoms with E-state index in [1.54, 1.807) is 0 Å². The molecule has 0 radical (unpaired) electrons. The first-order valence-corrected chi connectivity index (χ1v) is 8.91. The van der Waals surface area contributed by atoms with Gasteiger partial charge in [0.25, 0.3) is 0 Å². The number of benzene rings is 1. The Kier molecular flexibility index (Phi) is 5.84. The topological polar surface area (TPSA) is 12.0 Å². The van der Waals surface area contributed by atoms with E-state index in [0.717, 1.165) is 18.5 Å². The Hall–Kier alpha value is -0.410. The van der Waals surface area contributed by atoms with E-state index in [4.69, 9.17) is 0 Å². The van der Waals surface area contributed by atoms with Crippen molar-refractivity contribution in [1.29, 1.82) is 0 Å². The Bertz CT molecular complexity index is 472. The van der Waals surface area contributed by atoms with Crippen molar-refractivity contribution in [3.63, 3.8) is 0 Å². The molecule has 1 aromatic carbocycles. The molecule has 0 aromatic heterocycles. The number of nitrogens with one attached hydrogen (secondary N) is 1. The van der Waals surface area contributed by atoms with Gasteiger partial charge < -0.3 is 5.32 Å². The third-order valence-corrected chi connectivity index (χ3v) is 5.90. The van der Waals surface area contributed by atoms with Crippen molar-refractivity contribution in [2.75, 3.05) is 6.54 Å². The van der Waals surface area contributed by atoms with E-state index in [0.29, 0.717) is 21.8 Å².